The Morgan fingerprint density at radius 2 is 0.943 bits per heavy atom. The number of allylic oxidation sites excluding steroid dienone is 1. The van der Waals surface area contributed by atoms with Crippen molar-refractivity contribution >= 4 is 29.3 Å². The second kappa shape index (κ2) is 11.0. The number of ether oxygens (including phenoxy) is 1. The summed E-state index contributed by atoms with van der Waals surface area (Å²) in [6.45, 7) is 0. The van der Waals surface area contributed by atoms with Crippen LogP contribution in [0.4, 0.5) is 0 Å². The number of hydrogen-bond donors (Lipinski definition) is 0. The predicted molar refractivity (Wildman–Crippen MR) is 153 cm³/mol. The zero-order chi connectivity index (χ0) is 23.8. The molecule has 0 fully saturated rings. The third-order valence-electron chi connectivity index (χ3n) is 6.37. The molecule has 2 heteroatoms. The quantitative estimate of drug-likeness (QED) is 0.217. The molecule has 0 spiro atoms. The van der Waals surface area contributed by atoms with Crippen LogP contribution in [0.15, 0.2) is 152 Å². The number of benzene rings is 5. The summed E-state index contributed by atoms with van der Waals surface area (Å²) in [5.41, 5.74) is 1.13. The summed E-state index contributed by atoms with van der Waals surface area (Å²) >= 11 is 0. The SMILES string of the molecule is C(=C\c1cccc(Oc2ccccc2)c1)/C[PH](c1ccccc1)(c1ccccc1)c1ccccc1. The van der Waals surface area contributed by atoms with Crippen molar-refractivity contribution < 1.29 is 4.74 Å². The summed E-state index contributed by atoms with van der Waals surface area (Å²) in [7, 11) is -2.27. The first-order valence-electron chi connectivity index (χ1n) is 12.0. The molecule has 1 nitrogen and oxygen atoms in total. The van der Waals surface area contributed by atoms with Crippen LogP contribution in [0.5, 0.6) is 11.5 Å². The molecule has 172 valence electrons. The van der Waals surface area contributed by atoms with Gasteiger partial charge in [0.1, 0.15) is 0 Å². The van der Waals surface area contributed by atoms with Gasteiger partial charge in [-0.1, -0.05) is 0 Å². The van der Waals surface area contributed by atoms with Gasteiger partial charge in [-0.25, -0.2) is 0 Å². The van der Waals surface area contributed by atoms with E-state index < -0.39 is 7.26 Å². The van der Waals surface area contributed by atoms with E-state index in [-0.39, 0.29) is 0 Å². The molecule has 0 aliphatic carbocycles. The Hall–Kier alpha value is -3.93. The molecule has 0 unspecified atom stereocenters. The molecule has 0 saturated heterocycles. The van der Waals surface area contributed by atoms with E-state index in [1.807, 2.05) is 42.5 Å². The van der Waals surface area contributed by atoms with Crippen LogP contribution in [0.25, 0.3) is 6.08 Å². The zero-order valence-electron chi connectivity index (χ0n) is 19.6. The van der Waals surface area contributed by atoms with E-state index in [9.17, 15) is 0 Å². The molecule has 0 aromatic heterocycles. The Kier molecular flexibility index (Phi) is 7.18. The average molecular weight is 473 g/mol. The van der Waals surface area contributed by atoms with E-state index in [2.05, 4.69) is 115 Å². The molecule has 0 radical (unpaired) electrons. The molecule has 0 atom stereocenters. The Morgan fingerprint density at radius 1 is 0.486 bits per heavy atom. The summed E-state index contributed by atoms with van der Waals surface area (Å²) in [6.07, 6.45) is 5.55. The third-order valence-corrected chi connectivity index (χ3v) is 11.2. The molecule has 0 aliphatic rings. The van der Waals surface area contributed by atoms with Gasteiger partial charge in [-0.2, -0.15) is 0 Å². The Morgan fingerprint density at radius 3 is 1.46 bits per heavy atom. The predicted octanol–water partition coefficient (Wildman–Crippen LogP) is 7.22. The first-order valence-corrected chi connectivity index (χ1v) is 14.2. The first kappa shape index (κ1) is 22.8. The topological polar surface area (TPSA) is 9.23 Å². The van der Waals surface area contributed by atoms with Gasteiger partial charge in [0.05, 0.1) is 0 Å². The summed E-state index contributed by atoms with van der Waals surface area (Å²) in [4.78, 5) is 0. The van der Waals surface area contributed by atoms with E-state index >= 15 is 0 Å². The third kappa shape index (κ3) is 5.27. The average Bonchev–Trinajstić information content (AvgIpc) is 2.93. The van der Waals surface area contributed by atoms with Crippen LogP contribution < -0.4 is 20.7 Å². The molecule has 5 rings (SSSR count). The summed E-state index contributed by atoms with van der Waals surface area (Å²) in [5, 5.41) is 4.26. The van der Waals surface area contributed by atoms with Crippen LogP contribution >= 0.6 is 7.26 Å². The Balaban J connectivity index is 1.51. The van der Waals surface area contributed by atoms with Gasteiger partial charge in [0.15, 0.2) is 0 Å². The molecule has 0 N–H and O–H groups in total. The standard InChI is InChI=1S/C33H29OP/c1-5-17-29(18-6-1)34-30-19-13-15-28(27-30)16-14-26-35(31-20-7-2-8-21-31,32-22-9-3-10-23-32)33-24-11-4-12-25-33/h1-25,27,35H,26H2/b16-14+. The maximum atomic E-state index is 6.05. The summed E-state index contributed by atoms with van der Waals surface area (Å²) < 4.78 is 6.05. The second-order valence-corrected chi connectivity index (χ2v) is 12.5. The van der Waals surface area contributed by atoms with E-state index in [0.717, 1.165) is 23.2 Å². The fourth-order valence-corrected chi connectivity index (χ4v) is 9.16. The van der Waals surface area contributed by atoms with Crippen molar-refractivity contribution in [2.75, 3.05) is 6.16 Å². The van der Waals surface area contributed by atoms with Crippen molar-refractivity contribution in [3.8, 4) is 11.5 Å². The fraction of sp³-hybridized carbons (Fsp3) is 0.0303. The number of hydrogen-bond acceptors (Lipinski definition) is 1. The van der Waals surface area contributed by atoms with Crippen molar-refractivity contribution in [3.63, 3.8) is 0 Å². The number of rotatable bonds is 8. The summed E-state index contributed by atoms with van der Waals surface area (Å²) in [5.74, 6) is 1.69. The first-order chi connectivity index (χ1) is 17.3. The Labute approximate surface area is 208 Å². The van der Waals surface area contributed by atoms with Crippen LogP contribution in [-0.4, -0.2) is 6.16 Å². The fourth-order valence-electron chi connectivity index (χ4n) is 4.70. The van der Waals surface area contributed by atoms with Crippen molar-refractivity contribution in [2.24, 2.45) is 0 Å². The van der Waals surface area contributed by atoms with E-state index in [1.165, 1.54) is 15.9 Å². The van der Waals surface area contributed by atoms with Crippen molar-refractivity contribution in [1.29, 1.82) is 0 Å². The van der Waals surface area contributed by atoms with Gasteiger partial charge in [0.25, 0.3) is 0 Å². The molecule has 0 aliphatic heterocycles. The monoisotopic (exact) mass is 472 g/mol. The molecule has 0 bridgehead atoms. The van der Waals surface area contributed by atoms with Crippen LogP contribution in [-0.2, 0) is 0 Å². The molecule has 5 aromatic rings. The minimum atomic E-state index is -2.27. The minimum absolute atomic E-state index is 0.844. The van der Waals surface area contributed by atoms with Crippen molar-refractivity contribution in [1.82, 2.24) is 0 Å². The van der Waals surface area contributed by atoms with E-state index in [4.69, 9.17) is 4.74 Å². The summed E-state index contributed by atoms with van der Waals surface area (Å²) in [6, 6.07) is 51.3. The zero-order valence-corrected chi connectivity index (χ0v) is 20.6. The number of para-hydroxylation sites is 1. The van der Waals surface area contributed by atoms with Gasteiger partial charge in [-0.15, -0.1) is 0 Å². The van der Waals surface area contributed by atoms with Gasteiger partial charge in [0.2, 0.25) is 0 Å². The van der Waals surface area contributed by atoms with Crippen molar-refractivity contribution in [2.45, 2.75) is 0 Å². The molecule has 0 amide bonds. The van der Waals surface area contributed by atoms with Gasteiger partial charge in [-0.3, -0.25) is 0 Å². The van der Waals surface area contributed by atoms with E-state index in [0.29, 0.717) is 0 Å². The van der Waals surface area contributed by atoms with Gasteiger partial charge in [-0.05, 0) is 0 Å². The normalized spacial score (nSPS) is 11.9. The molecule has 0 heterocycles. The van der Waals surface area contributed by atoms with Crippen LogP contribution in [0, 0.1) is 0 Å². The molecule has 5 aromatic carbocycles. The van der Waals surface area contributed by atoms with Gasteiger partial charge in [0, 0.05) is 0 Å². The Bertz CT molecular complexity index is 1270. The van der Waals surface area contributed by atoms with E-state index in [1.54, 1.807) is 0 Å². The van der Waals surface area contributed by atoms with Crippen LogP contribution in [0.3, 0.4) is 0 Å². The maximum absolute atomic E-state index is 6.05. The van der Waals surface area contributed by atoms with Crippen molar-refractivity contribution in [3.05, 3.63) is 157 Å². The molecule has 35 heavy (non-hydrogen) atoms. The van der Waals surface area contributed by atoms with Crippen LogP contribution in [0.2, 0.25) is 0 Å². The second-order valence-electron chi connectivity index (χ2n) is 8.60. The van der Waals surface area contributed by atoms with Gasteiger partial charge < -0.3 is 0 Å². The molecule has 0 saturated carbocycles. The van der Waals surface area contributed by atoms with Gasteiger partial charge >= 0.3 is 209 Å². The molecular formula is C33H29OP. The molecular weight excluding hydrogens is 443 g/mol. The van der Waals surface area contributed by atoms with Crippen LogP contribution in [0.1, 0.15) is 5.56 Å².